The highest BCUT2D eigenvalue weighted by atomic mass is 16.5. The van der Waals surface area contributed by atoms with Crippen LogP contribution in [-0.4, -0.2) is 48.6 Å². The number of nitrogens with zero attached hydrogens (tertiary/aromatic N) is 1. The smallest absolute Gasteiger partial charge is 0.337 e. The van der Waals surface area contributed by atoms with Crippen LogP contribution >= 0.6 is 0 Å². The highest BCUT2D eigenvalue weighted by Gasteiger charge is 2.22. The molecule has 4 rings (SSSR count). The van der Waals surface area contributed by atoms with E-state index >= 15 is 0 Å². The van der Waals surface area contributed by atoms with E-state index in [4.69, 9.17) is 14.2 Å². The van der Waals surface area contributed by atoms with Crippen LogP contribution in [0.5, 0.6) is 17.2 Å². The summed E-state index contributed by atoms with van der Waals surface area (Å²) in [6.07, 6.45) is 1.14. The number of carbonyl (C=O) groups is 3. The lowest BCUT2D eigenvalue weighted by molar-refractivity contribution is -0.123. The first-order valence-electron chi connectivity index (χ1n) is 11.7. The molecule has 1 atom stereocenters. The molecule has 0 radical (unpaired) electrons. The van der Waals surface area contributed by atoms with Gasteiger partial charge in [-0.15, -0.1) is 0 Å². The number of hydrogen-bond donors (Lipinski definition) is 2. The van der Waals surface area contributed by atoms with Gasteiger partial charge in [0, 0.05) is 22.5 Å². The lowest BCUT2D eigenvalue weighted by atomic mass is 9.99. The fourth-order valence-electron chi connectivity index (χ4n) is 4.04. The van der Waals surface area contributed by atoms with E-state index < -0.39 is 11.8 Å². The first-order chi connectivity index (χ1) is 18.3. The number of aromatic nitrogens is 1. The molecule has 0 aliphatic carbocycles. The number of ketones is 1. The standard InChI is InChI=1S/C29H26N2O7/c1-17(18-8-5-4-6-9-18)31-26(32)16-38-20-11-7-10-19(12-20)28(33)27-22-14-25(37-3)24(36-2)13-21(22)23(15-30-27)29(34)35/h4-15,17H,16H2,1-3H3,(H,31,32)(H,34,35). The summed E-state index contributed by atoms with van der Waals surface area (Å²) in [7, 11) is 2.88. The quantitative estimate of drug-likeness (QED) is 0.298. The highest BCUT2D eigenvalue weighted by Crippen LogP contribution is 2.35. The number of carboxylic acids is 1. The number of aromatic carboxylic acids is 1. The molecule has 2 N–H and O–H groups in total. The first kappa shape index (κ1) is 26.2. The minimum Gasteiger partial charge on any atom is -0.493 e. The van der Waals surface area contributed by atoms with Crippen LogP contribution in [-0.2, 0) is 4.79 Å². The summed E-state index contributed by atoms with van der Waals surface area (Å²) in [5.74, 6) is -0.982. The predicted molar refractivity (Wildman–Crippen MR) is 140 cm³/mol. The third-order valence-electron chi connectivity index (χ3n) is 5.98. The molecule has 0 saturated heterocycles. The molecule has 0 bridgehead atoms. The van der Waals surface area contributed by atoms with Gasteiger partial charge < -0.3 is 24.6 Å². The van der Waals surface area contributed by atoms with E-state index in [1.165, 1.54) is 32.4 Å². The molecule has 194 valence electrons. The van der Waals surface area contributed by atoms with Gasteiger partial charge in [-0.25, -0.2) is 4.79 Å². The summed E-state index contributed by atoms with van der Waals surface area (Å²) >= 11 is 0. The Hall–Kier alpha value is -4.92. The van der Waals surface area contributed by atoms with Crippen molar-refractivity contribution in [3.8, 4) is 17.2 Å². The molecule has 1 amide bonds. The Morgan fingerprint density at radius 3 is 2.26 bits per heavy atom. The van der Waals surface area contributed by atoms with Gasteiger partial charge in [-0.05, 0) is 36.8 Å². The van der Waals surface area contributed by atoms with Crippen LogP contribution in [0.4, 0.5) is 0 Å². The fourth-order valence-corrected chi connectivity index (χ4v) is 4.04. The summed E-state index contributed by atoms with van der Waals surface area (Å²) in [5, 5.41) is 13.1. The molecular formula is C29H26N2O7. The topological polar surface area (TPSA) is 124 Å². The van der Waals surface area contributed by atoms with Gasteiger partial charge in [0.2, 0.25) is 5.78 Å². The normalized spacial score (nSPS) is 11.4. The number of ether oxygens (including phenoxy) is 3. The van der Waals surface area contributed by atoms with Crippen molar-refractivity contribution in [1.82, 2.24) is 10.3 Å². The number of nitrogens with one attached hydrogen (secondary N) is 1. The van der Waals surface area contributed by atoms with E-state index in [-0.39, 0.29) is 40.8 Å². The van der Waals surface area contributed by atoms with Crippen LogP contribution < -0.4 is 19.5 Å². The monoisotopic (exact) mass is 514 g/mol. The molecule has 1 unspecified atom stereocenters. The number of hydrogen-bond acceptors (Lipinski definition) is 7. The molecule has 0 aliphatic rings. The van der Waals surface area contributed by atoms with Crippen molar-refractivity contribution in [3.05, 3.63) is 95.3 Å². The molecule has 1 heterocycles. The van der Waals surface area contributed by atoms with Gasteiger partial charge in [-0.2, -0.15) is 0 Å². The van der Waals surface area contributed by atoms with Crippen molar-refractivity contribution in [2.75, 3.05) is 20.8 Å². The van der Waals surface area contributed by atoms with Crippen LogP contribution in [0.1, 0.15) is 44.9 Å². The number of fused-ring (bicyclic) bond motifs is 1. The molecule has 9 heteroatoms. The molecular weight excluding hydrogens is 488 g/mol. The lowest BCUT2D eigenvalue weighted by Crippen LogP contribution is -2.31. The van der Waals surface area contributed by atoms with Crippen molar-refractivity contribution in [1.29, 1.82) is 0 Å². The van der Waals surface area contributed by atoms with Crippen LogP contribution in [0, 0.1) is 0 Å². The van der Waals surface area contributed by atoms with E-state index in [1.807, 2.05) is 37.3 Å². The largest absolute Gasteiger partial charge is 0.493 e. The third kappa shape index (κ3) is 5.57. The summed E-state index contributed by atoms with van der Waals surface area (Å²) in [6, 6.07) is 18.8. The molecule has 0 aliphatic heterocycles. The molecule has 0 fully saturated rings. The van der Waals surface area contributed by atoms with Gasteiger partial charge in [0.15, 0.2) is 18.1 Å². The number of carboxylic acid groups (broad SMARTS) is 1. The van der Waals surface area contributed by atoms with E-state index in [0.29, 0.717) is 22.6 Å². The average molecular weight is 515 g/mol. The Kier molecular flexibility index (Phi) is 7.86. The Bertz CT molecular complexity index is 1500. The number of carbonyl (C=O) groups excluding carboxylic acids is 2. The number of amides is 1. The second-order valence-electron chi connectivity index (χ2n) is 8.42. The minimum atomic E-state index is -1.19. The van der Waals surface area contributed by atoms with Crippen LogP contribution in [0.3, 0.4) is 0 Å². The van der Waals surface area contributed by atoms with Gasteiger partial charge in [0.1, 0.15) is 11.4 Å². The van der Waals surface area contributed by atoms with E-state index in [9.17, 15) is 19.5 Å². The molecule has 4 aromatic rings. The van der Waals surface area contributed by atoms with Crippen LogP contribution in [0.25, 0.3) is 10.8 Å². The molecule has 38 heavy (non-hydrogen) atoms. The molecule has 0 saturated carbocycles. The van der Waals surface area contributed by atoms with Gasteiger partial charge >= 0.3 is 5.97 Å². The summed E-state index contributed by atoms with van der Waals surface area (Å²) in [5.41, 5.74) is 1.19. The maximum atomic E-state index is 13.5. The number of methoxy groups -OCH3 is 2. The van der Waals surface area contributed by atoms with E-state index in [2.05, 4.69) is 10.3 Å². The van der Waals surface area contributed by atoms with Gasteiger partial charge in [0.25, 0.3) is 5.91 Å². The lowest BCUT2D eigenvalue weighted by Gasteiger charge is -2.15. The van der Waals surface area contributed by atoms with Gasteiger partial charge in [-0.3, -0.25) is 14.6 Å². The molecule has 9 nitrogen and oxygen atoms in total. The first-order valence-corrected chi connectivity index (χ1v) is 11.7. The zero-order chi connectivity index (χ0) is 27.2. The van der Waals surface area contributed by atoms with Crippen molar-refractivity contribution < 1.29 is 33.7 Å². The Labute approximate surface area is 219 Å². The molecule has 3 aromatic carbocycles. The highest BCUT2D eigenvalue weighted by molar-refractivity contribution is 6.18. The second kappa shape index (κ2) is 11.4. The average Bonchev–Trinajstić information content (AvgIpc) is 2.94. The van der Waals surface area contributed by atoms with E-state index in [0.717, 1.165) is 11.8 Å². The third-order valence-corrected chi connectivity index (χ3v) is 5.98. The summed E-state index contributed by atoms with van der Waals surface area (Å²) < 4.78 is 16.3. The van der Waals surface area contributed by atoms with Gasteiger partial charge in [0.05, 0.1) is 25.8 Å². The van der Waals surface area contributed by atoms with Crippen molar-refractivity contribution in [2.24, 2.45) is 0 Å². The van der Waals surface area contributed by atoms with E-state index in [1.54, 1.807) is 18.2 Å². The van der Waals surface area contributed by atoms with Crippen LogP contribution in [0.15, 0.2) is 72.9 Å². The predicted octanol–water partition coefficient (Wildman–Crippen LogP) is 4.44. The van der Waals surface area contributed by atoms with Crippen molar-refractivity contribution >= 4 is 28.4 Å². The summed E-state index contributed by atoms with van der Waals surface area (Å²) in [6.45, 7) is 1.64. The summed E-state index contributed by atoms with van der Waals surface area (Å²) in [4.78, 5) is 41.8. The molecule has 1 aromatic heterocycles. The second-order valence-corrected chi connectivity index (χ2v) is 8.42. The zero-order valence-corrected chi connectivity index (χ0v) is 21.1. The van der Waals surface area contributed by atoms with Crippen LogP contribution in [0.2, 0.25) is 0 Å². The van der Waals surface area contributed by atoms with Crippen molar-refractivity contribution in [2.45, 2.75) is 13.0 Å². The number of rotatable bonds is 10. The van der Waals surface area contributed by atoms with Gasteiger partial charge in [-0.1, -0.05) is 42.5 Å². The maximum absolute atomic E-state index is 13.5. The Morgan fingerprint density at radius 2 is 1.61 bits per heavy atom. The Balaban J connectivity index is 1.57. The number of benzene rings is 3. The zero-order valence-electron chi connectivity index (χ0n) is 21.1. The van der Waals surface area contributed by atoms with Crippen molar-refractivity contribution in [3.63, 3.8) is 0 Å². The molecule has 0 spiro atoms. The Morgan fingerprint density at radius 1 is 0.921 bits per heavy atom. The maximum Gasteiger partial charge on any atom is 0.337 e. The SMILES string of the molecule is COc1cc2c(C(=O)O)cnc(C(=O)c3cccc(OCC(=O)NC(C)c4ccccc4)c3)c2cc1OC. The minimum absolute atomic E-state index is 0.0394. The number of pyridine rings is 1. The fraction of sp³-hybridized carbons (Fsp3) is 0.172.